The smallest absolute Gasteiger partial charge is 0.120 e. The van der Waals surface area contributed by atoms with Gasteiger partial charge in [-0.15, -0.1) is 0 Å². The van der Waals surface area contributed by atoms with Gasteiger partial charge in [-0.3, -0.25) is 9.58 Å². The molecule has 0 saturated carbocycles. The molecule has 2 aliphatic heterocycles. The molecule has 0 spiro atoms. The molecule has 2 saturated heterocycles. The van der Waals surface area contributed by atoms with Gasteiger partial charge in [0.05, 0.1) is 43.4 Å². The second-order valence-electron chi connectivity index (χ2n) is 7.46. The predicted molar refractivity (Wildman–Crippen MR) is 101 cm³/mol. The minimum atomic E-state index is -0.941. The number of hydrogen-bond donors (Lipinski definition) is 0. The molecule has 2 aliphatic rings. The molecule has 0 amide bonds. The van der Waals surface area contributed by atoms with E-state index >= 15 is 4.39 Å². The van der Waals surface area contributed by atoms with Crippen molar-refractivity contribution < 1.29 is 9.13 Å². The quantitative estimate of drug-likeness (QED) is 0.691. The highest BCUT2D eigenvalue weighted by atomic mass is 35.5. The Morgan fingerprint density at radius 3 is 2.74 bits per heavy atom. The van der Waals surface area contributed by atoms with Crippen molar-refractivity contribution >= 4 is 22.5 Å². The van der Waals surface area contributed by atoms with Crippen LogP contribution < -0.4 is 0 Å². The van der Waals surface area contributed by atoms with E-state index < -0.39 is 6.17 Å². The first-order valence-electron chi connectivity index (χ1n) is 9.22. The highest BCUT2D eigenvalue weighted by Gasteiger charge is 2.36. The summed E-state index contributed by atoms with van der Waals surface area (Å²) in [4.78, 5) is 2.21. The van der Waals surface area contributed by atoms with Gasteiger partial charge in [0.15, 0.2) is 0 Å². The summed E-state index contributed by atoms with van der Waals surface area (Å²) in [5.41, 5.74) is 2.66. The van der Waals surface area contributed by atoms with Gasteiger partial charge in [0, 0.05) is 29.9 Å². The van der Waals surface area contributed by atoms with E-state index in [0.29, 0.717) is 30.8 Å². The highest BCUT2D eigenvalue weighted by molar-refractivity contribution is 6.32. The van der Waals surface area contributed by atoms with Crippen molar-refractivity contribution in [2.45, 2.75) is 24.6 Å². The normalized spacial score (nSPS) is 24.4. The Balaban J connectivity index is 1.48. The molecule has 0 radical (unpaired) electrons. The summed E-state index contributed by atoms with van der Waals surface area (Å²) in [7, 11) is 1.87. The zero-order chi connectivity index (χ0) is 18.5. The lowest BCUT2D eigenvalue weighted by Gasteiger charge is -2.43. The molecular formula is C19H21ClFN5O. The lowest BCUT2D eigenvalue weighted by Crippen LogP contribution is -2.54. The predicted octanol–water partition coefficient (Wildman–Crippen LogP) is 2.94. The number of aryl methyl sites for hydroxylation is 1. The number of halogens is 2. The van der Waals surface area contributed by atoms with Crippen LogP contribution in [0.3, 0.4) is 0 Å². The Labute approximate surface area is 161 Å². The monoisotopic (exact) mass is 389 g/mol. The molecule has 2 fully saturated rings. The van der Waals surface area contributed by atoms with E-state index in [1.807, 2.05) is 30.1 Å². The molecule has 0 aliphatic carbocycles. The van der Waals surface area contributed by atoms with Gasteiger partial charge >= 0.3 is 0 Å². The van der Waals surface area contributed by atoms with Gasteiger partial charge in [0.2, 0.25) is 0 Å². The number of benzene rings is 1. The van der Waals surface area contributed by atoms with Gasteiger partial charge in [0.1, 0.15) is 11.9 Å². The Bertz CT molecular complexity index is 982. The molecular weight excluding hydrogens is 369 g/mol. The Kier molecular flexibility index (Phi) is 4.18. The minimum absolute atomic E-state index is 0.198. The second kappa shape index (κ2) is 6.58. The third kappa shape index (κ3) is 2.94. The number of alkyl halides is 1. The minimum Gasteiger partial charge on any atom is -0.378 e. The topological polar surface area (TPSA) is 48.1 Å². The van der Waals surface area contributed by atoms with Gasteiger partial charge in [-0.1, -0.05) is 11.6 Å². The van der Waals surface area contributed by atoms with Gasteiger partial charge in [-0.25, -0.2) is 9.07 Å². The molecule has 27 heavy (non-hydrogen) atoms. The van der Waals surface area contributed by atoms with Crippen molar-refractivity contribution in [3.05, 3.63) is 41.3 Å². The number of piperidine rings is 1. The molecule has 2 atom stereocenters. The fourth-order valence-corrected chi connectivity index (χ4v) is 4.43. The summed E-state index contributed by atoms with van der Waals surface area (Å²) in [6.45, 7) is 2.74. The maximum Gasteiger partial charge on any atom is 0.120 e. The SMILES string of the molecule is Cn1cc(-n2ncc3cc(Cl)c([C@H]4CCN(C5COC5)C[C@H]4F)cc32)cn1. The summed E-state index contributed by atoms with van der Waals surface area (Å²) in [5, 5.41) is 10.2. The zero-order valence-corrected chi connectivity index (χ0v) is 15.8. The molecule has 4 heterocycles. The molecule has 1 aromatic carbocycles. The van der Waals surface area contributed by atoms with Crippen LogP contribution in [0.1, 0.15) is 17.9 Å². The van der Waals surface area contributed by atoms with E-state index in [0.717, 1.165) is 35.1 Å². The fourth-order valence-electron chi connectivity index (χ4n) is 4.11. The number of rotatable bonds is 3. The molecule has 2 aromatic heterocycles. The van der Waals surface area contributed by atoms with E-state index in [9.17, 15) is 0 Å². The van der Waals surface area contributed by atoms with E-state index in [1.54, 1.807) is 17.1 Å². The van der Waals surface area contributed by atoms with Crippen molar-refractivity contribution in [2.75, 3.05) is 26.3 Å². The number of likely N-dealkylation sites (tertiary alicyclic amines) is 1. The maximum absolute atomic E-state index is 15.1. The van der Waals surface area contributed by atoms with Gasteiger partial charge in [0.25, 0.3) is 0 Å². The summed E-state index contributed by atoms with van der Waals surface area (Å²) in [6, 6.07) is 4.26. The fraction of sp³-hybridized carbons (Fsp3) is 0.474. The Hall–Kier alpha value is -1.96. The molecule has 0 bridgehead atoms. The van der Waals surface area contributed by atoms with Crippen molar-refractivity contribution in [3.63, 3.8) is 0 Å². The van der Waals surface area contributed by atoms with E-state index in [-0.39, 0.29) is 5.92 Å². The van der Waals surface area contributed by atoms with Crippen LogP contribution in [0, 0.1) is 0 Å². The summed E-state index contributed by atoms with van der Waals surface area (Å²) < 4.78 is 23.9. The van der Waals surface area contributed by atoms with E-state index in [2.05, 4.69) is 15.1 Å². The van der Waals surface area contributed by atoms with Gasteiger partial charge < -0.3 is 4.74 Å². The average molecular weight is 390 g/mol. The van der Waals surface area contributed by atoms with Crippen LogP contribution in [0.25, 0.3) is 16.6 Å². The third-order valence-corrected chi connectivity index (χ3v) is 6.06. The van der Waals surface area contributed by atoms with E-state index in [1.165, 1.54) is 0 Å². The summed E-state index contributed by atoms with van der Waals surface area (Å²) in [6.07, 6.45) is 5.26. The Morgan fingerprint density at radius 2 is 2.07 bits per heavy atom. The molecule has 0 unspecified atom stereocenters. The molecule has 5 rings (SSSR count). The lowest BCUT2D eigenvalue weighted by atomic mass is 9.86. The standard InChI is InChI=1S/C19H21ClFN5O/c1-24-8-13(7-22-24)26-19-5-16(17(20)4-12(19)6-23-26)15-2-3-25(9-18(15)21)14-10-27-11-14/h4-8,14-15,18H,2-3,9-11H2,1H3/t15-,18-/m1/s1. The Morgan fingerprint density at radius 1 is 1.22 bits per heavy atom. The number of hydrogen-bond acceptors (Lipinski definition) is 4. The molecule has 0 N–H and O–H groups in total. The maximum atomic E-state index is 15.1. The largest absolute Gasteiger partial charge is 0.378 e. The van der Waals surface area contributed by atoms with Crippen molar-refractivity contribution in [1.82, 2.24) is 24.5 Å². The molecule has 142 valence electrons. The summed E-state index contributed by atoms with van der Waals surface area (Å²) in [5.74, 6) is -0.198. The molecule has 6 nitrogen and oxygen atoms in total. The summed E-state index contributed by atoms with van der Waals surface area (Å²) >= 11 is 6.54. The first-order chi connectivity index (χ1) is 13.1. The van der Waals surface area contributed by atoms with Gasteiger partial charge in [-0.05, 0) is 30.7 Å². The number of nitrogens with zero attached hydrogens (tertiary/aromatic N) is 5. The number of aromatic nitrogens is 4. The first-order valence-corrected chi connectivity index (χ1v) is 9.60. The number of fused-ring (bicyclic) bond motifs is 1. The molecule has 3 aromatic rings. The average Bonchev–Trinajstić information content (AvgIpc) is 3.18. The van der Waals surface area contributed by atoms with Crippen LogP contribution in [0.2, 0.25) is 5.02 Å². The number of ether oxygens (including phenoxy) is 1. The van der Waals surface area contributed by atoms with Crippen LogP contribution in [0.5, 0.6) is 0 Å². The van der Waals surface area contributed by atoms with Crippen molar-refractivity contribution in [3.8, 4) is 5.69 Å². The van der Waals surface area contributed by atoms with Crippen molar-refractivity contribution in [2.24, 2.45) is 7.05 Å². The van der Waals surface area contributed by atoms with Gasteiger partial charge in [-0.2, -0.15) is 10.2 Å². The lowest BCUT2D eigenvalue weighted by molar-refractivity contribution is -0.0806. The van der Waals surface area contributed by atoms with Crippen LogP contribution >= 0.6 is 11.6 Å². The van der Waals surface area contributed by atoms with Crippen molar-refractivity contribution in [1.29, 1.82) is 0 Å². The van der Waals surface area contributed by atoms with Crippen LogP contribution in [0.15, 0.2) is 30.7 Å². The second-order valence-corrected chi connectivity index (χ2v) is 7.87. The third-order valence-electron chi connectivity index (χ3n) is 5.73. The van der Waals surface area contributed by atoms with Crippen LogP contribution in [-0.2, 0) is 11.8 Å². The zero-order valence-electron chi connectivity index (χ0n) is 15.1. The van der Waals surface area contributed by atoms with Crippen LogP contribution in [-0.4, -0.2) is 63.0 Å². The van der Waals surface area contributed by atoms with E-state index in [4.69, 9.17) is 16.3 Å². The first kappa shape index (κ1) is 17.2. The van der Waals surface area contributed by atoms with Crippen LogP contribution in [0.4, 0.5) is 4.39 Å². The molecule has 8 heteroatoms. The highest BCUT2D eigenvalue weighted by Crippen LogP contribution is 2.38.